The maximum Gasteiger partial charge on any atom is 0.417 e. The summed E-state index contributed by atoms with van der Waals surface area (Å²) in [6.45, 7) is 0. The predicted molar refractivity (Wildman–Crippen MR) is 107 cm³/mol. The van der Waals surface area contributed by atoms with Crippen LogP contribution in [0, 0.1) is 58.2 Å². The molecule has 0 aliphatic rings. The summed E-state index contributed by atoms with van der Waals surface area (Å²) in [5, 5.41) is -6.63. The lowest BCUT2D eigenvalue weighted by atomic mass is 10.0. The van der Waals surface area contributed by atoms with Gasteiger partial charge in [-0.25, -0.2) is 43.9 Å². The van der Waals surface area contributed by atoms with E-state index in [1.807, 2.05) is 0 Å². The summed E-state index contributed by atoms with van der Waals surface area (Å²) >= 11 is 0. The monoisotopic (exact) mass is 560 g/mol. The molecule has 0 amide bonds. The molecule has 0 saturated heterocycles. The zero-order valence-electron chi connectivity index (χ0n) is 17.3. The molecule has 194 valence electrons. The molecule has 0 radical (unpaired) electrons. The summed E-state index contributed by atoms with van der Waals surface area (Å²) in [5.74, 6) is -27.0. The minimum atomic E-state index is -5.23. The third-order valence-corrected chi connectivity index (χ3v) is 7.78. The number of fused-ring (bicyclic) bond motifs is 1. The summed E-state index contributed by atoms with van der Waals surface area (Å²) in [5.41, 5.74) is -1.57. The van der Waals surface area contributed by atoms with E-state index < -0.39 is 99.1 Å². The van der Waals surface area contributed by atoms with Crippen molar-refractivity contribution in [3.63, 3.8) is 0 Å². The van der Waals surface area contributed by atoms with Gasteiger partial charge in [0.05, 0.1) is 16.2 Å². The Morgan fingerprint density at radius 2 is 0.811 bits per heavy atom. The Labute approximate surface area is 198 Å². The summed E-state index contributed by atoms with van der Waals surface area (Å²) in [6, 6.07) is 4.85. The number of hydrogen-bond acceptors (Lipinski definition) is 0. The molecule has 0 spiro atoms. The maximum absolute atomic E-state index is 14.9. The molecule has 0 bridgehead atoms. The Kier molecular flexibility index (Phi) is 6.64. The van der Waals surface area contributed by atoms with Crippen LogP contribution in [0.15, 0.2) is 36.4 Å². The van der Waals surface area contributed by atoms with Crippen LogP contribution < -0.4 is 15.9 Å². The van der Waals surface area contributed by atoms with Crippen molar-refractivity contribution in [3.8, 4) is 0 Å². The highest BCUT2D eigenvalue weighted by Gasteiger charge is 2.41. The molecule has 0 heterocycles. The van der Waals surface area contributed by atoms with E-state index in [2.05, 4.69) is 0 Å². The van der Waals surface area contributed by atoms with Crippen molar-refractivity contribution in [1.82, 2.24) is 0 Å². The molecule has 4 aromatic rings. The minimum Gasteiger partial charge on any atom is -0.203 e. The van der Waals surface area contributed by atoms with Gasteiger partial charge >= 0.3 is 6.18 Å². The van der Waals surface area contributed by atoms with Crippen LogP contribution in [-0.2, 0) is 6.18 Å². The van der Waals surface area contributed by atoms with Crippen LogP contribution in [0.4, 0.5) is 57.1 Å². The third-order valence-electron chi connectivity index (χ3n) is 5.25. The normalized spacial score (nSPS) is 12.2. The summed E-state index contributed by atoms with van der Waals surface area (Å²) in [4.78, 5) is 0. The first-order valence-corrected chi connectivity index (χ1v) is 11.0. The SMILES string of the molecule is Fc1c(F)c(F)c(P(c2c(F)c(F)c(F)c(F)c2F)c2cccc3cccc(C(F)(F)F)c23)c(F)c1F. The summed E-state index contributed by atoms with van der Waals surface area (Å²) in [7, 11) is -4.08. The molecule has 0 fully saturated rings. The molecule has 0 nitrogen and oxygen atoms in total. The zero-order chi connectivity index (χ0) is 27.6. The van der Waals surface area contributed by atoms with Gasteiger partial charge in [-0.15, -0.1) is 0 Å². The lowest BCUT2D eigenvalue weighted by Crippen LogP contribution is -2.33. The molecule has 0 atom stereocenters. The average Bonchev–Trinajstić information content (AvgIpc) is 2.86. The summed E-state index contributed by atoms with van der Waals surface area (Å²) < 4.78 is 185. The van der Waals surface area contributed by atoms with Gasteiger partial charge in [-0.05, 0) is 16.8 Å². The fourth-order valence-electron chi connectivity index (χ4n) is 3.68. The van der Waals surface area contributed by atoms with E-state index in [9.17, 15) is 57.1 Å². The van der Waals surface area contributed by atoms with Gasteiger partial charge in [0.25, 0.3) is 0 Å². The summed E-state index contributed by atoms with van der Waals surface area (Å²) in [6.07, 6.45) is -5.23. The fraction of sp³-hybridized carbons (Fsp3) is 0.0435. The molecule has 14 heteroatoms. The van der Waals surface area contributed by atoms with Crippen LogP contribution in [0.2, 0.25) is 0 Å². The quantitative estimate of drug-likeness (QED) is 0.110. The third kappa shape index (κ3) is 4.09. The molecule has 4 aromatic carbocycles. The number of rotatable bonds is 3. The lowest BCUT2D eigenvalue weighted by molar-refractivity contribution is -0.136. The van der Waals surface area contributed by atoms with Crippen LogP contribution in [0.3, 0.4) is 0 Å². The first-order valence-electron chi connectivity index (χ1n) is 9.62. The van der Waals surface area contributed by atoms with E-state index in [0.717, 1.165) is 24.3 Å². The second kappa shape index (κ2) is 9.20. The lowest BCUT2D eigenvalue weighted by Gasteiger charge is -2.25. The second-order valence-electron chi connectivity index (χ2n) is 7.35. The molecule has 4 rings (SSSR count). The predicted octanol–water partition coefficient (Wildman–Crippen LogP) is 7.01. The Hall–Kier alpha value is -3.34. The molecular weight excluding hydrogens is 554 g/mol. The van der Waals surface area contributed by atoms with Crippen LogP contribution in [0.1, 0.15) is 5.56 Å². The van der Waals surface area contributed by atoms with Crippen molar-refractivity contribution in [2.75, 3.05) is 0 Å². The van der Waals surface area contributed by atoms with E-state index in [-0.39, 0.29) is 5.39 Å². The number of hydrogen-bond donors (Lipinski definition) is 0. The van der Waals surface area contributed by atoms with Crippen molar-refractivity contribution in [2.24, 2.45) is 0 Å². The number of halogens is 13. The largest absolute Gasteiger partial charge is 0.417 e. The van der Waals surface area contributed by atoms with Crippen LogP contribution in [0.25, 0.3) is 10.8 Å². The van der Waals surface area contributed by atoms with Gasteiger partial charge in [0.1, 0.15) is 0 Å². The van der Waals surface area contributed by atoms with Gasteiger partial charge in [0, 0.05) is 13.3 Å². The van der Waals surface area contributed by atoms with Gasteiger partial charge in [-0.2, -0.15) is 13.2 Å². The van der Waals surface area contributed by atoms with Crippen LogP contribution in [-0.4, -0.2) is 0 Å². The molecule has 0 N–H and O–H groups in total. The van der Waals surface area contributed by atoms with Crippen molar-refractivity contribution in [3.05, 3.63) is 100 Å². The molecule has 0 aliphatic heterocycles. The van der Waals surface area contributed by atoms with E-state index in [0.29, 0.717) is 12.1 Å². The highest BCUT2D eigenvalue weighted by atomic mass is 31.1. The van der Waals surface area contributed by atoms with Crippen molar-refractivity contribution < 1.29 is 57.1 Å². The first-order chi connectivity index (χ1) is 17.2. The van der Waals surface area contributed by atoms with E-state index in [1.54, 1.807) is 0 Å². The Morgan fingerprint density at radius 3 is 1.19 bits per heavy atom. The van der Waals surface area contributed by atoms with Crippen molar-refractivity contribution in [1.29, 1.82) is 0 Å². The van der Waals surface area contributed by atoms with Gasteiger partial charge in [0.15, 0.2) is 46.5 Å². The standard InChI is InChI=1S/C23H6F13P/c24-11-13(26)17(30)21(18(31)14(11)27)37(22-19(32)15(28)12(25)16(29)20(22)33)9-6-2-4-7-3-1-5-8(10(7)9)23(34,35)36/h1-6H. The Morgan fingerprint density at radius 1 is 0.459 bits per heavy atom. The molecular formula is C23H6F13P. The minimum absolute atomic E-state index is 0.382. The smallest absolute Gasteiger partial charge is 0.203 e. The highest BCUT2D eigenvalue weighted by molar-refractivity contribution is 7.80. The molecule has 0 aliphatic carbocycles. The van der Waals surface area contributed by atoms with Crippen molar-refractivity contribution in [2.45, 2.75) is 6.18 Å². The van der Waals surface area contributed by atoms with Gasteiger partial charge < -0.3 is 0 Å². The topological polar surface area (TPSA) is 0 Å². The molecule has 0 unspecified atom stereocenters. The van der Waals surface area contributed by atoms with Gasteiger partial charge in [0.2, 0.25) is 11.6 Å². The molecule has 0 aromatic heterocycles. The van der Waals surface area contributed by atoms with Crippen LogP contribution in [0.5, 0.6) is 0 Å². The Bertz CT molecular complexity index is 1440. The number of benzene rings is 4. The van der Waals surface area contributed by atoms with E-state index in [1.165, 1.54) is 0 Å². The molecule has 37 heavy (non-hydrogen) atoms. The zero-order valence-corrected chi connectivity index (χ0v) is 18.2. The maximum atomic E-state index is 14.9. The highest BCUT2D eigenvalue weighted by Crippen LogP contribution is 2.44. The first kappa shape index (κ1) is 26.7. The van der Waals surface area contributed by atoms with Gasteiger partial charge in [-0.3, -0.25) is 0 Å². The average molecular weight is 560 g/mol. The van der Waals surface area contributed by atoms with E-state index >= 15 is 0 Å². The van der Waals surface area contributed by atoms with Crippen molar-refractivity contribution >= 4 is 34.6 Å². The van der Waals surface area contributed by atoms with Gasteiger partial charge in [-0.1, -0.05) is 30.3 Å². The second-order valence-corrected chi connectivity index (χ2v) is 9.40. The Balaban J connectivity index is 2.30. The van der Waals surface area contributed by atoms with E-state index in [4.69, 9.17) is 0 Å². The fourth-order valence-corrected chi connectivity index (χ4v) is 6.27. The van der Waals surface area contributed by atoms with Crippen LogP contribution >= 0.6 is 7.92 Å². The molecule has 0 saturated carbocycles. The number of alkyl halides is 3.